The lowest BCUT2D eigenvalue weighted by Crippen LogP contribution is -2.63. The summed E-state index contributed by atoms with van der Waals surface area (Å²) in [4.78, 5) is 27.6. The Morgan fingerprint density at radius 3 is 2.53 bits per heavy atom. The Morgan fingerprint density at radius 2 is 1.87 bits per heavy atom. The van der Waals surface area contributed by atoms with Crippen LogP contribution in [0.2, 0.25) is 0 Å². The molecule has 2 amide bonds. The van der Waals surface area contributed by atoms with E-state index in [0.717, 1.165) is 38.6 Å². The summed E-state index contributed by atoms with van der Waals surface area (Å²) in [5.74, 6) is 1.21. The smallest absolute Gasteiger partial charge is 0.250 e. The van der Waals surface area contributed by atoms with E-state index in [1.54, 1.807) is 0 Å². The molecule has 0 aromatic heterocycles. The second-order valence-corrected chi connectivity index (χ2v) is 10.1. The third-order valence-electron chi connectivity index (χ3n) is 8.32. The molecule has 5 fully saturated rings. The topological polar surface area (TPSA) is 84.7 Å². The fraction of sp³-hybridized carbons (Fsp3) is 0.667. The van der Waals surface area contributed by atoms with Crippen LogP contribution in [0, 0.1) is 23.2 Å². The first-order valence-corrected chi connectivity index (χ1v) is 11.5. The standard InChI is InChI=1S/C24H33N3O3/c1-15(17-5-3-2-4-6-17)27-7-8-30-20(14-27)22(28)26-21-18-9-16-10-19(21)13-24(11-16,12-18)23(25)29/h2-6,15-16,18-21H,7-14H2,1H3,(H2,25,29)(H,26,28)/t15-,16?,18?,19?,20?,21?,24?/m1/s1. The van der Waals surface area contributed by atoms with Gasteiger partial charge in [-0.25, -0.2) is 0 Å². The summed E-state index contributed by atoms with van der Waals surface area (Å²) >= 11 is 0. The fourth-order valence-corrected chi connectivity index (χ4v) is 6.94. The van der Waals surface area contributed by atoms with Crippen molar-refractivity contribution < 1.29 is 14.3 Å². The summed E-state index contributed by atoms with van der Waals surface area (Å²) in [6.07, 6.45) is 4.41. The fourth-order valence-electron chi connectivity index (χ4n) is 6.94. The van der Waals surface area contributed by atoms with Gasteiger partial charge in [0.1, 0.15) is 6.10 Å². The number of hydrogen-bond acceptors (Lipinski definition) is 4. The van der Waals surface area contributed by atoms with Crippen LogP contribution < -0.4 is 11.1 Å². The SMILES string of the molecule is C[C@H](c1ccccc1)N1CCOC(C(=O)NC2C3CC4CC2CC(C(N)=O)(C4)C3)C1. The lowest BCUT2D eigenvalue weighted by molar-refractivity contribution is -0.151. The molecule has 0 spiro atoms. The van der Waals surface area contributed by atoms with Gasteiger partial charge in [0, 0.05) is 30.6 Å². The van der Waals surface area contributed by atoms with Crippen LogP contribution in [-0.4, -0.2) is 48.6 Å². The molecule has 4 saturated carbocycles. The first-order valence-electron chi connectivity index (χ1n) is 11.5. The van der Waals surface area contributed by atoms with E-state index in [1.807, 2.05) is 6.07 Å². The Labute approximate surface area is 178 Å². The minimum atomic E-state index is -0.438. The van der Waals surface area contributed by atoms with E-state index in [4.69, 9.17) is 10.5 Å². The van der Waals surface area contributed by atoms with Gasteiger partial charge >= 0.3 is 0 Å². The number of amides is 2. The number of nitrogens with two attached hydrogens (primary N) is 1. The Kier molecular flexibility index (Phi) is 5.10. The van der Waals surface area contributed by atoms with Gasteiger partial charge in [0.05, 0.1) is 6.61 Å². The molecule has 1 aromatic carbocycles. The van der Waals surface area contributed by atoms with Gasteiger partial charge in [-0.3, -0.25) is 14.5 Å². The summed E-state index contributed by atoms with van der Waals surface area (Å²) in [7, 11) is 0. The first-order chi connectivity index (χ1) is 14.4. The van der Waals surface area contributed by atoms with E-state index < -0.39 is 6.10 Å². The highest BCUT2D eigenvalue weighted by molar-refractivity contribution is 5.83. The number of hydrogen-bond donors (Lipinski definition) is 2. The molecular formula is C24H33N3O3. The van der Waals surface area contributed by atoms with Gasteiger partial charge in [0.25, 0.3) is 5.91 Å². The molecule has 6 heteroatoms. The van der Waals surface area contributed by atoms with Crippen LogP contribution in [0.15, 0.2) is 30.3 Å². The molecule has 5 aliphatic rings. The monoisotopic (exact) mass is 411 g/mol. The van der Waals surface area contributed by atoms with Crippen molar-refractivity contribution in [2.24, 2.45) is 28.9 Å². The van der Waals surface area contributed by atoms with E-state index >= 15 is 0 Å². The van der Waals surface area contributed by atoms with Gasteiger partial charge in [-0.15, -0.1) is 0 Å². The molecule has 0 radical (unpaired) electrons. The number of morpholine rings is 1. The zero-order valence-electron chi connectivity index (χ0n) is 17.8. The Hall–Kier alpha value is -1.92. The van der Waals surface area contributed by atoms with Crippen LogP contribution >= 0.6 is 0 Å². The molecule has 1 saturated heterocycles. The minimum Gasteiger partial charge on any atom is -0.369 e. The van der Waals surface area contributed by atoms with Crippen LogP contribution in [0.25, 0.3) is 0 Å². The average molecular weight is 412 g/mol. The van der Waals surface area contributed by atoms with Crippen molar-refractivity contribution in [1.29, 1.82) is 0 Å². The first kappa shape index (κ1) is 20.0. The van der Waals surface area contributed by atoms with Crippen LogP contribution in [0.1, 0.15) is 50.6 Å². The highest BCUT2D eigenvalue weighted by Crippen LogP contribution is 2.59. The zero-order valence-corrected chi connectivity index (χ0v) is 17.8. The predicted octanol–water partition coefficient (Wildman–Crippen LogP) is 2.24. The number of nitrogens with one attached hydrogen (secondary N) is 1. The van der Waals surface area contributed by atoms with Gasteiger partial charge in [-0.05, 0) is 62.3 Å². The van der Waals surface area contributed by atoms with Crippen molar-refractivity contribution in [2.75, 3.05) is 19.7 Å². The largest absolute Gasteiger partial charge is 0.369 e. The lowest BCUT2D eigenvalue weighted by Gasteiger charge is -2.59. The molecule has 3 N–H and O–H groups in total. The molecule has 6 nitrogen and oxygen atoms in total. The van der Waals surface area contributed by atoms with Gasteiger partial charge in [-0.1, -0.05) is 30.3 Å². The third-order valence-corrected chi connectivity index (χ3v) is 8.32. The zero-order chi connectivity index (χ0) is 20.9. The van der Waals surface area contributed by atoms with E-state index in [-0.39, 0.29) is 29.3 Å². The molecule has 1 aliphatic heterocycles. The Bertz CT molecular complexity index is 797. The summed E-state index contributed by atoms with van der Waals surface area (Å²) < 4.78 is 5.88. The number of primary amides is 1. The normalized spacial score (nSPS) is 38.9. The van der Waals surface area contributed by atoms with Crippen LogP contribution in [-0.2, 0) is 14.3 Å². The number of ether oxygens (including phenoxy) is 1. The number of rotatable bonds is 5. The van der Waals surface area contributed by atoms with E-state index in [2.05, 4.69) is 41.4 Å². The minimum absolute atomic E-state index is 0.00515. The maximum Gasteiger partial charge on any atom is 0.250 e. The van der Waals surface area contributed by atoms with Gasteiger partial charge in [0.15, 0.2) is 0 Å². The van der Waals surface area contributed by atoms with Crippen molar-refractivity contribution in [3.05, 3.63) is 35.9 Å². The number of benzene rings is 1. The van der Waals surface area contributed by atoms with Crippen LogP contribution in [0.3, 0.4) is 0 Å². The van der Waals surface area contributed by atoms with Crippen molar-refractivity contribution in [3.63, 3.8) is 0 Å². The van der Waals surface area contributed by atoms with Crippen molar-refractivity contribution in [2.45, 2.75) is 57.2 Å². The van der Waals surface area contributed by atoms with Crippen molar-refractivity contribution in [3.8, 4) is 0 Å². The summed E-state index contributed by atoms with van der Waals surface area (Å²) in [5, 5.41) is 3.34. The Morgan fingerprint density at radius 1 is 1.17 bits per heavy atom. The second kappa shape index (κ2) is 7.65. The van der Waals surface area contributed by atoms with Gasteiger partial charge in [-0.2, -0.15) is 0 Å². The van der Waals surface area contributed by atoms with E-state index in [9.17, 15) is 9.59 Å². The van der Waals surface area contributed by atoms with Gasteiger partial charge < -0.3 is 15.8 Å². The molecule has 3 unspecified atom stereocenters. The molecule has 4 aliphatic carbocycles. The van der Waals surface area contributed by atoms with E-state index in [0.29, 0.717) is 30.9 Å². The molecule has 1 aromatic rings. The quantitative estimate of drug-likeness (QED) is 0.778. The van der Waals surface area contributed by atoms with Crippen molar-refractivity contribution in [1.82, 2.24) is 10.2 Å². The molecule has 30 heavy (non-hydrogen) atoms. The van der Waals surface area contributed by atoms with Gasteiger partial charge in [0.2, 0.25) is 5.91 Å². The number of carbonyl (C=O) groups is 2. The highest BCUT2D eigenvalue weighted by Gasteiger charge is 2.58. The lowest BCUT2D eigenvalue weighted by atomic mass is 9.47. The third kappa shape index (κ3) is 3.44. The maximum atomic E-state index is 13.2. The van der Waals surface area contributed by atoms with E-state index in [1.165, 1.54) is 5.56 Å². The van der Waals surface area contributed by atoms with Crippen LogP contribution in [0.5, 0.6) is 0 Å². The number of nitrogens with zero attached hydrogens (tertiary/aromatic N) is 1. The summed E-state index contributed by atoms with van der Waals surface area (Å²) in [6.45, 7) is 4.20. The maximum absolute atomic E-state index is 13.2. The molecule has 1 heterocycles. The van der Waals surface area contributed by atoms with Crippen LogP contribution in [0.4, 0.5) is 0 Å². The molecule has 4 atom stereocenters. The summed E-state index contributed by atoms with van der Waals surface area (Å²) in [6, 6.07) is 10.8. The number of carbonyl (C=O) groups excluding carboxylic acids is 2. The molecular weight excluding hydrogens is 378 g/mol. The highest BCUT2D eigenvalue weighted by atomic mass is 16.5. The Balaban J connectivity index is 1.23. The second-order valence-electron chi connectivity index (χ2n) is 10.1. The predicted molar refractivity (Wildman–Crippen MR) is 113 cm³/mol. The summed E-state index contributed by atoms with van der Waals surface area (Å²) in [5.41, 5.74) is 6.74. The molecule has 162 valence electrons. The van der Waals surface area contributed by atoms with Crippen molar-refractivity contribution >= 4 is 11.8 Å². The molecule has 6 rings (SSSR count). The molecule has 4 bridgehead atoms. The average Bonchev–Trinajstić information content (AvgIpc) is 2.75.